The number of nitrogens with two attached hydrogens (primary N) is 1. The molecule has 0 saturated carbocycles. The van der Waals surface area contributed by atoms with E-state index in [-0.39, 0.29) is 5.82 Å². The van der Waals surface area contributed by atoms with E-state index in [0.717, 1.165) is 5.57 Å². The number of aliphatic imine (C=N–C) groups is 1. The van der Waals surface area contributed by atoms with Gasteiger partial charge in [-0.2, -0.15) is 0 Å². The van der Waals surface area contributed by atoms with Crippen LogP contribution in [0.15, 0.2) is 34.8 Å². The van der Waals surface area contributed by atoms with Crippen LogP contribution in [0.25, 0.3) is 0 Å². The van der Waals surface area contributed by atoms with Crippen LogP contribution in [0.2, 0.25) is 5.02 Å². The summed E-state index contributed by atoms with van der Waals surface area (Å²) in [5.74, 6) is -0.0471. The lowest BCUT2D eigenvalue weighted by atomic mass is 10.2. The summed E-state index contributed by atoms with van der Waals surface area (Å²) in [5.41, 5.74) is 6.85. The standard InChI is InChI=1S/C11H12ClFN2/c1-3-7(2)11(14)15-10-6-8(13)4-5-9(10)12/h3-6H,1-2H3,(H2,14,15)/b7-3-. The van der Waals surface area contributed by atoms with Gasteiger partial charge in [-0.3, -0.25) is 0 Å². The second-order valence-electron chi connectivity index (χ2n) is 3.06. The zero-order valence-electron chi connectivity index (χ0n) is 8.59. The summed E-state index contributed by atoms with van der Waals surface area (Å²) in [7, 11) is 0. The van der Waals surface area contributed by atoms with Gasteiger partial charge in [0.2, 0.25) is 0 Å². The van der Waals surface area contributed by atoms with Crippen LogP contribution >= 0.6 is 11.6 Å². The molecule has 2 nitrogen and oxygen atoms in total. The predicted octanol–water partition coefficient (Wildman–Crippen LogP) is 3.43. The van der Waals surface area contributed by atoms with Crippen molar-refractivity contribution in [3.05, 3.63) is 40.7 Å². The highest BCUT2D eigenvalue weighted by atomic mass is 35.5. The van der Waals surface area contributed by atoms with Crippen molar-refractivity contribution < 1.29 is 4.39 Å². The van der Waals surface area contributed by atoms with Crippen LogP contribution < -0.4 is 5.73 Å². The summed E-state index contributed by atoms with van der Waals surface area (Å²) in [6.45, 7) is 3.68. The number of benzene rings is 1. The van der Waals surface area contributed by atoms with Crippen molar-refractivity contribution in [3.63, 3.8) is 0 Å². The van der Waals surface area contributed by atoms with Gasteiger partial charge in [0.25, 0.3) is 0 Å². The van der Waals surface area contributed by atoms with Crippen LogP contribution in [0.4, 0.5) is 10.1 Å². The van der Waals surface area contributed by atoms with Gasteiger partial charge in [0.05, 0.1) is 10.7 Å². The van der Waals surface area contributed by atoms with Crippen molar-refractivity contribution in [3.8, 4) is 0 Å². The molecule has 0 aliphatic carbocycles. The van der Waals surface area contributed by atoms with Gasteiger partial charge < -0.3 is 5.73 Å². The zero-order valence-corrected chi connectivity index (χ0v) is 9.35. The van der Waals surface area contributed by atoms with Crippen LogP contribution in [-0.2, 0) is 0 Å². The second-order valence-corrected chi connectivity index (χ2v) is 3.47. The molecule has 0 bridgehead atoms. The van der Waals surface area contributed by atoms with E-state index in [1.807, 2.05) is 19.9 Å². The first-order chi connectivity index (χ1) is 7.04. The average Bonchev–Trinajstić information content (AvgIpc) is 2.22. The summed E-state index contributed by atoms with van der Waals surface area (Å²) >= 11 is 5.84. The highest BCUT2D eigenvalue weighted by Gasteiger charge is 2.02. The van der Waals surface area contributed by atoms with Gasteiger partial charge in [-0.1, -0.05) is 17.7 Å². The third kappa shape index (κ3) is 3.06. The largest absolute Gasteiger partial charge is 0.383 e. The maximum Gasteiger partial charge on any atom is 0.126 e. The average molecular weight is 227 g/mol. The molecule has 0 saturated heterocycles. The van der Waals surface area contributed by atoms with E-state index in [1.165, 1.54) is 18.2 Å². The Morgan fingerprint density at radius 3 is 2.80 bits per heavy atom. The molecular formula is C11H12ClFN2. The third-order valence-corrected chi connectivity index (χ3v) is 2.31. The Labute approximate surface area is 93.3 Å². The fourth-order valence-electron chi connectivity index (χ4n) is 0.937. The Kier molecular flexibility index (Phi) is 3.86. The smallest absolute Gasteiger partial charge is 0.126 e. The van der Waals surface area contributed by atoms with Gasteiger partial charge in [-0.15, -0.1) is 0 Å². The predicted molar refractivity (Wildman–Crippen MR) is 62.1 cm³/mol. The maximum absolute atomic E-state index is 12.9. The van der Waals surface area contributed by atoms with E-state index >= 15 is 0 Å². The van der Waals surface area contributed by atoms with Crippen molar-refractivity contribution in [2.45, 2.75) is 13.8 Å². The normalized spacial score (nSPS) is 13.1. The maximum atomic E-state index is 12.9. The first-order valence-corrected chi connectivity index (χ1v) is 4.85. The Morgan fingerprint density at radius 2 is 2.20 bits per heavy atom. The van der Waals surface area contributed by atoms with Crippen molar-refractivity contribution in [2.24, 2.45) is 10.7 Å². The molecule has 0 fully saturated rings. The van der Waals surface area contributed by atoms with E-state index in [9.17, 15) is 4.39 Å². The number of halogens is 2. The van der Waals surface area contributed by atoms with E-state index in [0.29, 0.717) is 16.5 Å². The molecule has 1 aromatic carbocycles. The fraction of sp³-hybridized carbons (Fsp3) is 0.182. The topological polar surface area (TPSA) is 38.4 Å². The quantitative estimate of drug-likeness (QED) is 0.609. The first-order valence-electron chi connectivity index (χ1n) is 4.47. The fourth-order valence-corrected chi connectivity index (χ4v) is 1.10. The van der Waals surface area contributed by atoms with Gasteiger partial charge in [-0.05, 0) is 31.6 Å². The van der Waals surface area contributed by atoms with E-state index in [4.69, 9.17) is 17.3 Å². The monoisotopic (exact) mass is 226 g/mol. The Balaban J connectivity index is 3.13. The van der Waals surface area contributed by atoms with Crippen molar-refractivity contribution in [2.75, 3.05) is 0 Å². The first kappa shape index (κ1) is 11.7. The zero-order chi connectivity index (χ0) is 11.4. The molecular weight excluding hydrogens is 215 g/mol. The molecule has 0 unspecified atom stereocenters. The molecule has 80 valence electrons. The molecule has 0 aromatic heterocycles. The second kappa shape index (κ2) is 4.94. The molecule has 1 aromatic rings. The number of allylic oxidation sites excluding steroid dienone is 1. The molecule has 0 spiro atoms. The number of hydrogen-bond donors (Lipinski definition) is 1. The van der Waals surface area contributed by atoms with Crippen molar-refractivity contribution >= 4 is 23.1 Å². The van der Waals surface area contributed by atoms with Crippen LogP contribution in [-0.4, -0.2) is 5.84 Å². The lowest BCUT2D eigenvalue weighted by Crippen LogP contribution is -2.12. The molecule has 0 aliphatic rings. The lowest BCUT2D eigenvalue weighted by Gasteiger charge is -2.02. The Bertz CT molecular complexity index is 425. The van der Waals surface area contributed by atoms with Crippen molar-refractivity contribution in [1.82, 2.24) is 0 Å². The molecule has 0 radical (unpaired) electrons. The molecule has 4 heteroatoms. The number of hydrogen-bond acceptors (Lipinski definition) is 1. The van der Waals surface area contributed by atoms with Gasteiger partial charge in [0, 0.05) is 6.07 Å². The lowest BCUT2D eigenvalue weighted by molar-refractivity contribution is 0.628. The van der Waals surface area contributed by atoms with Crippen LogP contribution in [0, 0.1) is 5.82 Å². The number of nitrogens with zero attached hydrogens (tertiary/aromatic N) is 1. The number of amidine groups is 1. The Hall–Kier alpha value is -1.35. The van der Waals surface area contributed by atoms with E-state index in [1.54, 1.807) is 0 Å². The van der Waals surface area contributed by atoms with E-state index in [2.05, 4.69) is 4.99 Å². The van der Waals surface area contributed by atoms with Crippen LogP contribution in [0.1, 0.15) is 13.8 Å². The van der Waals surface area contributed by atoms with Crippen LogP contribution in [0.5, 0.6) is 0 Å². The summed E-state index contributed by atoms with van der Waals surface area (Å²) in [6.07, 6.45) is 1.83. The van der Waals surface area contributed by atoms with E-state index < -0.39 is 0 Å². The van der Waals surface area contributed by atoms with Gasteiger partial charge >= 0.3 is 0 Å². The molecule has 2 N–H and O–H groups in total. The number of rotatable bonds is 2. The van der Waals surface area contributed by atoms with Crippen molar-refractivity contribution in [1.29, 1.82) is 0 Å². The summed E-state index contributed by atoms with van der Waals surface area (Å²) in [5, 5.41) is 0.378. The minimum absolute atomic E-state index is 0.338. The summed E-state index contributed by atoms with van der Waals surface area (Å²) < 4.78 is 12.9. The molecule has 15 heavy (non-hydrogen) atoms. The molecule has 0 atom stereocenters. The van der Waals surface area contributed by atoms with Gasteiger partial charge in [0.1, 0.15) is 11.7 Å². The minimum atomic E-state index is -0.385. The minimum Gasteiger partial charge on any atom is -0.383 e. The highest BCUT2D eigenvalue weighted by Crippen LogP contribution is 2.25. The molecule has 0 aliphatic heterocycles. The summed E-state index contributed by atoms with van der Waals surface area (Å²) in [6, 6.07) is 3.98. The molecule has 0 heterocycles. The summed E-state index contributed by atoms with van der Waals surface area (Å²) in [4.78, 5) is 4.04. The Morgan fingerprint density at radius 1 is 1.53 bits per heavy atom. The molecule has 0 amide bonds. The molecule has 1 rings (SSSR count). The van der Waals surface area contributed by atoms with Gasteiger partial charge in [0.15, 0.2) is 0 Å². The third-order valence-electron chi connectivity index (χ3n) is 1.99. The highest BCUT2D eigenvalue weighted by molar-refractivity contribution is 6.33. The van der Waals surface area contributed by atoms with Gasteiger partial charge in [-0.25, -0.2) is 9.38 Å². The van der Waals surface area contributed by atoms with Crippen LogP contribution in [0.3, 0.4) is 0 Å². The SMILES string of the molecule is C/C=C(/C)C(N)=Nc1cc(F)ccc1Cl.